The van der Waals surface area contributed by atoms with Crippen molar-refractivity contribution >= 4 is 11.3 Å². The van der Waals surface area contributed by atoms with Gasteiger partial charge in [0.1, 0.15) is 5.01 Å². The van der Waals surface area contributed by atoms with Gasteiger partial charge >= 0.3 is 0 Å². The van der Waals surface area contributed by atoms with Gasteiger partial charge < -0.3 is 10.4 Å². The van der Waals surface area contributed by atoms with Gasteiger partial charge in [-0.2, -0.15) is 0 Å². The maximum atomic E-state index is 9.13. The number of nitrogens with zero attached hydrogens (tertiary/aromatic N) is 1. The third kappa shape index (κ3) is 3.63. The number of rotatable bonds is 5. The molecule has 0 spiro atoms. The monoisotopic (exact) mass is 248 g/mol. The molecule has 0 amide bonds. The Morgan fingerprint density at radius 2 is 2.12 bits per heavy atom. The van der Waals surface area contributed by atoms with E-state index in [-0.39, 0.29) is 6.10 Å². The Morgan fingerprint density at radius 1 is 1.35 bits per heavy atom. The third-order valence-corrected chi connectivity index (χ3v) is 3.19. The summed E-state index contributed by atoms with van der Waals surface area (Å²) in [7, 11) is 0. The first-order valence-electron chi connectivity index (χ1n) is 5.64. The Morgan fingerprint density at radius 3 is 2.82 bits per heavy atom. The average Bonchev–Trinajstić information content (AvgIpc) is 2.78. The Kier molecular flexibility index (Phi) is 4.25. The predicted octanol–water partition coefficient (Wildman–Crippen LogP) is 2.28. The van der Waals surface area contributed by atoms with Crippen LogP contribution in [0.5, 0.6) is 0 Å². The van der Waals surface area contributed by atoms with Crippen molar-refractivity contribution in [2.24, 2.45) is 0 Å². The van der Waals surface area contributed by atoms with Gasteiger partial charge in [0.15, 0.2) is 0 Å². The summed E-state index contributed by atoms with van der Waals surface area (Å²) in [5, 5.41) is 15.4. The lowest BCUT2D eigenvalue weighted by atomic mass is 10.2. The van der Waals surface area contributed by atoms with Crippen LogP contribution in [0.2, 0.25) is 0 Å². The number of benzene rings is 1. The van der Waals surface area contributed by atoms with Crippen molar-refractivity contribution in [2.75, 3.05) is 6.54 Å². The molecule has 0 saturated carbocycles. The standard InChI is InChI=1S/C13H16N2OS/c1-10(16)7-14-8-13-15-12(9-17-13)11-5-3-2-4-6-11/h2-6,9-10,14,16H,7-8H2,1H3. The number of aliphatic hydroxyl groups excluding tert-OH is 1. The van der Waals surface area contributed by atoms with Crippen molar-refractivity contribution in [3.63, 3.8) is 0 Å². The molecule has 0 fully saturated rings. The van der Waals surface area contributed by atoms with Crippen LogP contribution in [0.1, 0.15) is 11.9 Å². The smallest absolute Gasteiger partial charge is 0.107 e. The topological polar surface area (TPSA) is 45.1 Å². The maximum Gasteiger partial charge on any atom is 0.107 e. The van der Waals surface area contributed by atoms with E-state index in [9.17, 15) is 0 Å². The summed E-state index contributed by atoms with van der Waals surface area (Å²) >= 11 is 1.64. The fraction of sp³-hybridized carbons (Fsp3) is 0.308. The van der Waals surface area contributed by atoms with E-state index >= 15 is 0 Å². The van der Waals surface area contributed by atoms with Gasteiger partial charge in [0.05, 0.1) is 11.8 Å². The van der Waals surface area contributed by atoms with Crippen LogP contribution in [0.3, 0.4) is 0 Å². The molecule has 1 aromatic carbocycles. The molecule has 0 aliphatic heterocycles. The Balaban J connectivity index is 1.97. The maximum absolute atomic E-state index is 9.13. The highest BCUT2D eigenvalue weighted by Gasteiger charge is 2.04. The first-order valence-corrected chi connectivity index (χ1v) is 6.52. The lowest BCUT2D eigenvalue weighted by molar-refractivity contribution is 0.191. The van der Waals surface area contributed by atoms with E-state index in [0.29, 0.717) is 13.1 Å². The largest absolute Gasteiger partial charge is 0.392 e. The third-order valence-electron chi connectivity index (χ3n) is 2.34. The lowest BCUT2D eigenvalue weighted by Crippen LogP contribution is -2.23. The molecule has 0 aliphatic rings. The van der Waals surface area contributed by atoms with E-state index in [1.807, 2.05) is 18.2 Å². The lowest BCUT2D eigenvalue weighted by Gasteiger charge is -2.03. The highest BCUT2D eigenvalue weighted by atomic mass is 32.1. The van der Waals surface area contributed by atoms with Crippen molar-refractivity contribution in [1.29, 1.82) is 0 Å². The molecule has 0 aliphatic carbocycles. The van der Waals surface area contributed by atoms with E-state index in [4.69, 9.17) is 5.11 Å². The number of nitrogens with one attached hydrogen (secondary N) is 1. The normalized spacial score (nSPS) is 12.6. The predicted molar refractivity (Wildman–Crippen MR) is 70.9 cm³/mol. The van der Waals surface area contributed by atoms with Crippen molar-refractivity contribution in [1.82, 2.24) is 10.3 Å². The number of hydrogen-bond acceptors (Lipinski definition) is 4. The van der Waals surface area contributed by atoms with Gasteiger partial charge in [0.2, 0.25) is 0 Å². The molecule has 2 rings (SSSR count). The highest BCUT2D eigenvalue weighted by molar-refractivity contribution is 7.09. The van der Waals surface area contributed by atoms with E-state index < -0.39 is 0 Å². The van der Waals surface area contributed by atoms with Gasteiger partial charge in [-0.15, -0.1) is 11.3 Å². The SMILES string of the molecule is CC(O)CNCc1nc(-c2ccccc2)cs1. The summed E-state index contributed by atoms with van der Waals surface area (Å²) in [4.78, 5) is 4.55. The summed E-state index contributed by atoms with van der Waals surface area (Å²) < 4.78 is 0. The van der Waals surface area contributed by atoms with Crippen LogP contribution in [0.25, 0.3) is 11.3 Å². The van der Waals surface area contributed by atoms with Gasteiger partial charge in [-0.3, -0.25) is 0 Å². The van der Waals surface area contributed by atoms with Gasteiger partial charge in [-0.05, 0) is 6.92 Å². The fourth-order valence-electron chi connectivity index (χ4n) is 1.52. The molecular weight excluding hydrogens is 232 g/mol. The molecule has 90 valence electrons. The van der Waals surface area contributed by atoms with Crippen LogP contribution in [-0.2, 0) is 6.54 Å². The summed E-state index contributed by atoms with van der Waals surface area (Å²) in [5.41, 5.74) is 2.16. The Bertz CT molecular complexity index is 453. The number of aliphatic hydroxyl groups is 1. The number of aromatic nitrogens is 1. The van der Waals surface area contributed by atoms with Crippen molar-refractivity contribution in [3.05, 3.63) is 40.7 Å². The molecule has 0 saturated heterocycles. The minimum atomic E-state index is -0.316. The summed E-state index contributed by atoms with van der Waals surface area (Å²) in [6.07, 6.45) is -0.316. The zero-order valence-corrected chi connectivity index (χ0v) is 10.6. The zero-order valence-electron chi connectivity index (χ0n) is 9.76. The Labute approximate surface area is 105 Å². The van der Waals surface area contributed by atoms with E-state index in [1.54, 1.807) is 18.3 Å². The van der Waals surface area contributed by atoms with Crippen LogP contribution in [0.15, 0.2) is 35.7 Å². The average molecular weight is 248 g/mol. The van der Waals surface area contributed by atoms with E-state index in [2.05, 4.69) is 27.8 Å². The molecule has 1 aromatic heterocycles. The second-order valence-electron chi connectivity index (χ2n) is 3.97. The summed E-state index contributed by atoms with van der Waals surface area (Å²) in [5.74, 6) is 0. The summed E-state index contributed by atoms with van der Waals surface area (Å²) in [6.45, 7) is 3.08. The number of thiazole rings is 1. The van der Waals surface area contributed by atoms with Gasteiger partial charge in [0, 0.05) is 24.0 Å². The van der Waals surface area contributed by atoms with Crippen LogP contribution in [0, 0.1) is 0 Å². The zero-order chi connectivity index (χ0) is 12.1. The van der Waals surface area contributed by atoms with Gasteiger partial charge in [-0.1, -0.05) is 30.3 Å². The molecule has 17 heavy (non-hydrogen) atoms. The molecule has 1 unspecified atom stereocenters. The second-order valence-corrected chi connectivity index (χ2v) is 4.92. The van der Waals surface area contributed by atoms with Gasteiger partial charge in [-0.25, -0.2) is 4.98 Å². The molecule has 3 nitrogen and oxygen atoms in total. The van der Waals surface area contributed by atoms with E-state index in [0.717, 1.165) is 16.3 Å². The molecule has 4 heteroatoms. The van der Waals surface area contributed by atoms with Gasteiger partial charge in [0.25, 0.3) is 0 Å². The molecule has 1 atom stereocenters. The minimum absolute atomic E-state index is 0.316. The molecule has 2 N–H and O–H groups in total. The molecule has 2 aromatic rings. The Hall–Kier alpha value is -1.23. The first-order chi connectivity index (χ1) is 8.25. The van der Waals surface area contributed by atoms with Crippen molar-refractivity contribution < 1.29 is 5.11 Å². The molecule has 1 heterocycles. The van der Waals surface area contributed by atoms with Crippen LogP contribution in [0.4, 0.5) is 0 Å². The number of hydrogen-bond donors (Lipinski definition) is 2. The summed E-state index contributed by atoms with van der Waals surface area (Å²) in [6, 6.07) is 10.1. The fourth-order valence-corrected chi connectivity index (χ4v) is 2.29. The quantitative estimate of drug-likeness (QED) is 0.853. The van der Waals surface area contributed by atoms with Crippen LogP contribution >= 0.6 is 11.3 Å². The minimum Gasteiger partial charge on any atom is -0.392 e. The second kappa shape index (κ2) is 5.91. The molecule has 0 radical (unpaired) electrons. The molecular formula is C13H16N2OS. The van der Waals surface area contributed by atoms with Crippen molar-refractivity contribution in [3.8, 4) is 11.3 Å². The van der Waals surface area contributed by atoms with Crippen molar-refractivity contribution in [2.45, 2.75) is 19.6 Å². The van der Waals surface area contributed by atoms with Crippen LogP contribution in [-0.4, -0.2) is 22.7 Å². The van der Waals surface area contributed by atoms with Crippen LogP contribution < -0.4 is 5.32 Å². The molecule has 0 bridgehead atoms. The highest BCUT2D eigenvalue weighted by Crippen LogP contribution is 2.21. The first kappa shape index (κ1) is 12.2. The van der Waals surface area contributed by atoms with E-state index in [1.165, 1.54) is 0 Å².